The molecule has 0 radical (unpaired) electrons. The summed E-state index contributed by atoms with van der Waals surface area (Å²) in [6, 6.07) is 4.57. The van der Waals surface area contributed by atoms with E-state index in [-0.39, 0.29) is 11.7 Å². The van der Waals surface area contributed by atoms with Crippen molar-refractivity contribution in [3.63, 3.8) is 0 Å². The van der Waals surface area contributed by atoms with Crippen LogP contribution < -0.4 is 5.73 Å². The monoisotopic (exact) mass is 317 g/mol. The molecule has 0 heterocycles. The molecule has 0 spiro atoms. The molecule has 0 aliphatic heterocycles. The summed E-state index contributed by atoms with van der Waals surface area (Å²) in [4.78, 5) is 10.8. The van der Waals surface area contributed by atoms with E-state index >= 15 is 0 Å². The van der Waals surface area contributed by atoms with Crippen molar-refractivity contribution in [1.29, 1.82) is 0 Å². The molecular weight excluding hydrogens is 301 g/mol. The van der Waals surface area contributed by atoms with Gasteiger partial charge in [0.1, 0.15) is 11.4 Å². The Morgan fingerprint density at radius 3 is 2.67 bits per heavy atom. The largest absolute Gasteiger partial charge is 0.444 e. The van der Waals surface area contributed by atoms with Gasteiger partial charge in [-0.1, -0.05) is 28.9 Å². The zero-order valence-corrected chi connectivity index (χ0v) is 12.3. The molecular formula is C13H17BrFNO2. The molecule has 1 aromatic carbocycles. The summed E-state index contributed by atoms with van der Waals surface area (Å²) in [5.41, 5.74) is 5.34. The lowest BCUT2D eigenvalue weighted by Gasteiger charge is -2.27. The minimum atomic E-state index is -0.787. The third-order valence-corrected chi connectivity index (χ3v) is 3.35. The molecule has 0 aromatic heterocycles. The minimum Gasteiger partial charge on any atom is -0.444 e. The molecule has 5 heteroatoms. The highest BCUT2D eigenvalue weighted by atomic mass is 79.9. The lowest BCUT2D eigenvalue weighted by molar-refractivity contribution is 0.0348. The van der Waals surface area contributed by atoms with Gasteiger partial charge in [-0.3, -0.25) is 0 Å². The van der Waals surface area contributed by atoms with Crippen molar-refractivity contribution in [1.82, 2.24) is 0 Å². The van der Waals surface area contributed by atoms with E-state index in [0.29, 0.717) is 10.9 Å². The van der Waals surface area contributed by atoms with E-state index in [4.69, 9.17) is 10.5 Å². The van der Waals surface area contributed by atoms with Gasteiger partial charge in [0.2, 0.25) is 0 Å². The average Bonchev–Trinajstić information content (AvgIpc) is 2.13. The van der Waals surface area contributed by atoms with Crippen molar-refractivity contribution < 1.29 is 13.9 Å². The number of carbonyl (C=O) groups excluding carboxylic acids is 1. The van der Waals surface area contributed by atoms with Crippen LogP contribution in [-0.4, -0.2) is 11.7 Å². The summed E-state index contributed by atoms with van der Waals surface area (Å²) in [6.45, 7) is 5.58. The molecule has 1 aromatic rings. The average molecular weight is 318 g/mol. The predicted octanol–water partition coefficient (Wildman–Crippen LogP) is 3.96. The Bertz CT molecular complexity index is 449. The number of hydrogen-bond acceptors (Lipinski definition) is 2. The third kappa shape index (κ3) is 4.29. The zero-order valence-electron chi connectivity index (χ0n) is 10.7. The van der Waals surface area contributed by atoms with Gasteiger partial charge in [0.05, 0.1) is 0 Å². The van der Waals surface area contributed by atoms with Crippen molar-refractivity contribution in [2.45, 2.75) is 38.7 Å². The molecule has 0 bridgehead atoms. The van der Waals surface area contributed by atoms with Crippen LogP contribution in [0.1, 0.15) is 38.7 Å². The number of ether oxygens (including phenoxy) is 1. The van der Waals surface area contributed by atoms with Gasteiger partial charge in [0.25, 0.3) is 0 Å². The van der Waals surface area contributed by atoms with E-state index in [9.17, 15) is 9.18 Å². The number of carbonyl (C=O) groups is 1. The molecule has 0 aliphatic carbocycles. The molecule has 0 aliphatic rings. The Labute approximate surface area is 115 Å². The first kappa shape index (κ1) is 15.0. The van der Waals surface area contributed by atoms with Crippen molar-refractivity contribution in [2.75, 3.05) is 0 Å². The van der Waals surface area contributed by atoms with Crippen molar-refractivity contribution in [2.24, 2.45) is 5.73 Å². The fraction of sp³-hybridized carbons (Fsp3) is 0.462. The third-order valence-electron chi connectivity index (χ3n) is 2.67. The molecule has 0 saturated carbocycles. The maximum absolute atomic E-state index is 13.0. The van der Waals surface area contributed by atoms with E-state index in [1.54, 1.807) is 19.9 Å². The quantitative estimate of drug-likeness (QED) is 0.913. The fourth-order valence-electron chi connectivity index (χ4n) is 2.06. The Morgan fingerprint density at radius 1 is 1.56 bits per heavy atom. The maximum Gasteiger partial charge on any atom is 0.405 e. The van der Waals surface area contributed by atoms with E-state index in [1.807, 2.05) is 6.92 Å². The van der Waals surface area contributed by atoms with E-state index in [1.165, 1.54) is 12.1 Å². The summed E-state index contributed by atoms with van der Waals surface area (Å²) < 4.78 is 18.8. The smallest absolute Gasteiger partial charge is 0.405 e. The normalized spacial score (nSPS) is 13.2. The highest BCUT2D eigenvalue weighted by Crippen LogP contribution is 2.32. The van der Waals surface area contributed by atoms with Crippen LogP contribution in [0.2, 0.25) is 0 Å². The molecule has 18 heavy (non-hydrogen) atoms. The van der Waals surface area contributed by atoms with Crippen LogP contribution in [-0.2, 0) is 4.74 Å². The van der Waals surface area contributed by atoms with Crippen LogP contribution in [0.5, 0.6) is 0 Å². The number of benzene rings is 1. The first-order valence-electron chi connectivity index (χ1n) is 5.64. The van der Waals surface area contributed by atoms with Gasteiger partial charge in [0, 0.05) is 4.47 Å². The summed E-state index contributed by atoms with van der Waals surface area (Å²) in [5, 5.41) is 0. The van der Waals surface area contributed by atoms with Gasteiger partial charge in [0.15, 0.2) is 0 Å². The van der Waals surface area contributed by atoms with Gasteiger partial charge in [-0.15, -0.1) is 0 Å². The lowest BCUT2D eigenvalue weighted by atomic mass is 9.89. The molecule has 0 fully saturated rings. The minimum absolute atomic E-state index is 0.106. The molecule has 1 unspecified atom stereocenters. The molecule has 0 saturated heterocycles. The van der Waals surface area contributed by atoms with E-state index < -0.39 is 11.7 Å². The molecule has 1 rings (SSSR count). The summed E-state index contributed by atoms with van der Waals surface area (Å²) in [5.74, 6) is -0.181. The topological polar surface area (TPSA) is 52.3 Å². The van der Waals surface area contributed by atoms with Crippen LogP contribution in [0.25, 0.3) is 0 Å². The lowest BCUT2D eigenvalue weighted by Crippen LogP contribution is -2.32. The van der Waals surface area contributed by atoms with Crippen molar-refractivity contribution in [3.05, 3.63) is 34.1 Å². The number of amides is 1. The van der Waals surface area contributed by atoms with Gasteiger partial charge >= 0.3 is 6.09 Å². The number of rotatable bonds is 4. The van der Waals surface area contributed by atoms with E-state index in [2.05, 4.69) is 15.9 Å². The standard InChI is InChI=1S/C13H17BrFNO2/c1-8(7-13(2,3)18-12(16)17)10-5-4-9(15)6-11(10)14/h4-6,8H,7H2,1-3H3,(H2,16,17). The molecule has 100 valence electrons. The zero-order chi connectivity index (χ0) is 13.9. The second kappa shape index (κ2) is 5.69. The SMILES string of the molecule is CC(CC(C)(C)OC(N)=O)c1ccc(F)cc1Br. The second-order valence-electron chi connectivity index (χ2n) is 4.95. The maximum atomic E-state index is 13.0. The predicted molar refractivity (Wildman–Crippen MR) is 71.9 cm³/mol. The van der Waals surface area contributed by atoms with Gasteiger partial charge in [-0.2, -0.15) is 0 Å². The Morgan fingerprint density at radius 2 is 2.17 bits per heavy atom. The second-order valence-corrected chi connectivity index (χ2v) is 5.81. The molecule has 3 nitrogen and oxygen atoms in total. The molecule has 2 N–H and O–H groups in total. The van der Waals surface area contributed by atoms with Crippen LogP contribution in [0.3, 0.4) is 0 Å². The number of hydrogen-bond donors (Lipinski definition) is 1. The number of halogens is 2. The number of nitrogens with two attached hydrogens (primary N) is 1. The first-order chi connectivity index (χ1) is 8.21. The Balaban J connectivity index is 2.81. The van der Waals surface area contributed by atoms with Crippen LogP contribution in [0.15, 0.2) is 22.7 Å². The van der Waals surface area contributed by atoms with Crippen molar-refractivity contribution >= 4 is 22.0 Å². The number of primary amides is 1. The van der Waals surface area contributed by atoms with Crippen molar-refractivity contribution in [3.8, 4) is 0 Å². The molecule has 1 atom stereocenters. The highest BCUT2D eigenvalue weighted by molar-refractivity contribution is 9.10. The fourth-order valence-corrected chi connectivity index (χ4v) is 2.80. The van der Waals surface area contributed by atoms with E-state index in [0.717, 1.165) is 5.56 Å². The summed E-state index contributed by atoms with van der Waals surface area (Å²) in [6.07, 6.45) is -0.189. The first-order valence-corrected chi connectivity index (χ1v) is 6.44. The Kier molecular flexibility index (Phi) is 4.73. The van der Waals surface area contributed by atoms with Crippen LogP contribution >= 0.6 is 15.9 Å². The van der Waals surface area contributed by atoms with Gasteiger partial charge in [-0.25, -0.2) is 9.18 Å². The molecule has 1 amide bonds. The van der Waals surface area contributed by atoms with Gasteiger partial charge < -0.3 is 10.5 Å². The summed E-state index contributed by atoms with van der Waals surface area (Å²) in [7, 11) is 0. The Hall–Kier alpha value is -1.10. The van der Waals surface area contributed by atoms with Gasteiger partial charge in [-0.05, 0) is 43.9 Å². The highest BCUT2D eigenvalue weighted by Gasteiger charge is 2.26. The van der Waals surface area contributed by atoms with Crippen LogP contribution in [0, 0.1) is 5.82 Å². The summed E-state index contributed by atoms with van der Waals surface area (Å²) >= 11 is 3.33. The van der Waals surface area contributed by atoms with Crippen LogP contribution in [0.4, 0.5) is 9.18 Å².